The van der Waals surface area contributed by atoms with Crippen molar-refractivity contribution in [2.45, 2.75) is 39.9 Å². The first-order valence-electron chi connectivity index (χ1n) is 6.59. The molecule has 0 spiro atoms. The molecule has 0 radical (unpaired) electrons. The molecule has 0 saturated heterocycles. The van der Waals surface area contributed by atoms with Crippen LogP contribution in [0.2, 0.25) is 0 Å². The van der Waals surface area contributed by atoms with Crippen molar-refractivity contribution in [3.8, 4) is 0 Å². The van der Waals surface area contributed by atoms with Crippen LogP contribution in [0, 0.1) is 0 Å². The third kappa shape index (κ3) is 6.72. The van der Waals surface area contributed by atoms with Crippen molar-refractivity contribution < 1.29 is 13.6 Å². The molecule has 1 rings (SSSR count). The van der Waals surface area contributed by atoms with Gasteiger partial charge in [0.1, 0.15) is 0 Å². The summed E-state index contributed by atoms with van der Waals surface area (Å²) in [7, 11) is -3.06. The summed E-state index contributed by atoms with van der Waals surface area (Å²) in [6.07, 6.45) is 3.84. The highest BCUT2D eigenvalue weighted by Gasteiger charge is 2.25. The molecule has 0 heterocycles. The summed E-state index contributed by atoms with van der Waals surface area (Å²) in [5.74, 6) is 0. The molecular formula is C15H23O3P. The molecule has 0 amide bonds. The zero-order valence-electron chi connectivity index (χ0n) is 12.1. The second kappa shape index (κ2) is 7.64. The smallest absolute Gasteiger partial charge is 0.306 e. The number of rotatable bonds is 7. The first kappa shape index (κ1) is 16.2. The van der Waals surface area contributed by atoms with Crippen LogP contribution in [0.15, 0.2) is 36.4 Å². The lowest BCUT2D eigenvalue weighted by Gasteiger charge is -2.21. The molecule has 4 heteroatoms. The molecular weight excluding hydrogens is 259 g/mol. The standard InChI is InChI=1S/C15H23O3P/c1-13(2)17-19(16,18-14(3)4)12-8-11-15-9-6-5-7-10-15/h5-11,13-14H,12H2,1-4H3/b11-8+. The van der Waals surface area contributed by atoms with Gasteiger partial charge in [-0.15, -0.1) is 0 Å². The summed E-state index contributed by atoms with van der Waals surface area (Å²) in [4.78, 5) is 0. The van der Waals surface area contributed by atoms with Crippen molar-refractivity contribution in [3.05, 3.63) is 42.0 Å². The summed E-state index contributed by atoms with van der Waals surface area (Å²) in [5, 5.41) is 0. The van der Waals surface area contributed by atoms with Crippen LogP contribution in [0.1, 0.15) is 33.3 Å². The third-order valence-electron chi connectivity index (χ3n) is 2.18. The largest absolute Gasteiger partial charge is 0.334 e. The highest BCUT2D eigenvalue weighted by atomic mass is 31.2. The number of hydrogen-bond acceptors (Lipinski definition) is 3. The van der Waals surface area contributed by atoms with Crippen LogP contribution in [0.5, 0.6) is 0 Å². The Kier molecular flexibility index (Phi) is 6.50. The van der Waals surface area contributed by atoms with Gasteiger partial charge in [0.05, 0.1) is 18.4 Å². The van der Waals surface area contributed by atoms with Crippen molar-refractivity contribution in [3.63, 3.8) is 0 Å². The summed E-state index contributed by atoms with van der Waals surface area (Å²) < 4.78 is 23.5. The summed E-state index contributed by atoms with van der Waals surface area (Å²) in [6.45, 7) is 7.43. The fraction of sp³-hybridized carbons (Fsp3) is 0.467. The van der Waals surface area contributed by atoms with Gasteiger partial charge in [0.25, 0.3) is 0 Å². The van der Waals surface area contributed by atoms with E-state index in [1.54, 1.807) is 0 Å². The Labute approximate surface area is 116 Å². The molecule has 0 bridgehead atoms. The Balaban J connectivity index is 2.68. The summed E-state index contributed by atoms with van der Waals surface area (Å²) in [6, 6.07) is 9.89. The molecule has 0 fully saturated rings. The van der Waals surface area contributed by atoms with Gasteiger partial charge < -0.3 is 9.05 Å². The Hall–Kier alpha value is -0.890. The van der Waals surface area contributed by atoms with Crippen LogP contribution in [0.25, 0.3) is 6.08 Å². The van der Waals surface area contributed by atoms with Crippen molar-refractivity contribution >= 4 is 13.7 Å². The maximum Gasteiger partial charge on any atom is 0.334 e. The molecule has 106 valence electrons. The zero-order chi connectivity index (χ0) is 14.3. The predicted molar refractivity (Wildman–Crippen MR) is 80.4 cm³/mol. The predicted octanol–water partition coefficient (Wildman–Crippen LogP) is 4.74. The molecule has 0 aliphatic carbocycles. The van der Waals surface area contributed by atoms with Crippen molar-refractivity contribution in [1.82, 2.24) is 0 Å². The van der Waals surface area contributed by atoms with Gasteiger partial charge >= 0.3 is 7.60 Å². The van der Waals surface area contributed by atoms with Gasteiger partial charge in [-0.1, -0.05) is 42.5 Å². The first-order valence-corrected chi connectivity index (χ1v) is 8.31. The zero-order valence-corrected chi connectivity index (χ0v) is 13.0. The van der Waals surface area contributed by atoms with Gasteiger partial charge in [-0.05, 0) is 33.3 Å². The molecule has 0 N–H and O–H groups in total. The average Bonchev–Trinajstić information content (AvgIpc) is 2.27. The van der Waals surface area contributed by atoms with E-state index < -0.39 is 7.60 Å². The van der Waals surface area contributed by atoms with Crippen LogP contribution in [-0.4, -0.2) is 18.4 Å². The van der Waals surface area contributed by atoms with E-state index in [0.29, 0.717) is 0 Å². The van der Waals surface area contributed by atoms with E-state index in [4.69, 9.17) is 9.05 Å². The van der Waals surface area contributed by atoms with E-state index >= 15 is 0 Å². The summed E-state index contributed by atoms with van der Waals surface area (Å²) in [5.41, 5.74) is 1.07. The lowest BCUT2D eigenvalue weighted by Crippen LogP contribution is -2.09. The van der Waals surface area contributed by atoms with Crippen molar-refractivity contribution in [2.75, 3.05) is 6.16 Å². The van der Waals surface area contributed by atoms with E-state index in [2.05, 4.69) is 0 Å². The molecule has 0 aliphatic rings. The van der Waals surface area contributed by atoms with E-state index in [9.17, 15) is 4.57 Å². The third-order valence-corrected chi connectivity index (χ3v) is 4.33. The normalized spacial score (nSPS) is 12.7. The van der Waals surface area contributed by atoms with Gasteiger partial charge in [-0.25, -0.2) is 0 Å². The fourth-order valence-electron chi connectivity index (χ4n) is 1.64. The highest BCUT2D eigenvalue weighted by Crippen LogP contribution is 2.50. The minimum atomic E-state index is -3.06. The quantitative estimate of drug-likeness (QED) is 0.677. The number of benzene rings is 1. The van der Waals surface area contributed by atoms with E-state index in [0.717, 1.165) is 5.56 Å². The van der Waals surface area contributed by atoms with Gasteiger partial charge in [-0.3, -0.25) is 4.57 Å². The highest BCUT2D eigenvalue weighted by molar-refractivity contribution is 7.54. The second-order valence-corrected chi connectivity index (χ2v) is 6.92. The maximum absolute atomic E-state index is 12.5. The maximum atomic E-state index is 12.5. The molecule has 0 unspecified atom stereocenters. The van der Waals surface area contributed by atoms with Gasteiger partial charge in [0.2, 0.25) is 0 Å². The van der Waals surface area contributed by atoms with Crippen LogP contribution in [0.4, 0.5) is 0 Å². The average molecular weight is 282 g/mol. The Morgan fingerprint density at radius 1 is 1.05 bits per heavy atom. The van der Waals surface area contributed by atoms with E-state index in [1.165, 1.54) is 0 Å². The van der Waals surface area contributed by atoms with Crippen LogP contribution >= 0.6 is 7.60 Å². The monoisotopic (exact) mass is 282 g/mol. The molecule has 19 heavy (non-hydrogen) atoms. The lowest BCUT2D eigenvalue weighted by atomic mass is 10.2. The van der Waals surface area contributed by atoms with Gasteiger partial charge in [0.15, 0.2) is 0 Å². The Bertz CT molecular complexity index is 424. The van der Waals surface area contributed by atoms with E-state index in [1.807, 2.05) is 70.2 Å². The molecule has 1 aromatic rings. The molecule has 1 aromatic carbocycles. The van der Waals surface area contributed by atoms with Crippen molar-refractivity contribution in [2.24, 2.45) is 0 Å². The molecule has 0 saturated carbocycles. The minimum absolute atomic E-state index is 0.116. The second-order valence-electron chi connectivity index (χ2n) is 4.91. The van der Waals surface area contributed by atoms with Gasteiger partial charge in [-0.2, -0.15) is 0 Å². The number of hydrogen-bond donors (Lipinski definition) is 0. The summed E-state index contributed by atoms with van der Waals surface area (Å²) >= 11 is 0. The van der Waals surface area contributed by atoms with Crippen LogP contribution < -0.4 is 0 Å². The molecule has 0 aliphatic heterocycles. The van der Waals surface area contributed by atoms with Gasteiger partial charge in [0, 0.05) is 0 Å². The fourth-order valence-corrected chi connectivity index (χ4v) is 3.51. The molecule has 0 atom stereocenters. The first-order chi connectivity index (χ1) is 8.91. The van der Waals surface area contributed by atoms with Crippen molar-refractivity contribution in [1.29, 1.82) is 0 Å². The lowest BCUT2D eigenvalue weighted by molar-refractivity contribution is 0.144. The molecule has 0 aromatic heterocycles. The Morgan fingerprint density at radius 3 is 2.05 bits per heavy atom. The molecule has 3 nitrogen and oxygen atoms in total. The minimum Gasteiger partial charge on any atom is -0.306 e. The van der Waals surface area contributed by atoms with Crippen LogP contribution in [-0.2, 0) is 13.6 Å². The van der Waals surface area contributed by atoms with Crippen LogP contribution in [0.3, 0.4) is 0 Å². The van der Waals surface area contributed by atoms with E-state index in [-0.39, 0.29) is 18.4 Å². The topological polar surface area (TPSA) is 35.5 Å². The number of allylic oxidation sites excluding steroid dienone is 1. The Morgan fingerprint density at radius 2 is 1.58 bits per heavy atom. The SMILES string of the molecule is CC(C)OP(=O)(C/C=C/c1ccccc1)OC(C)C.